The Kier molecular flexibility index (Phi) is 36.8. The smallest absolute Gasteiger partial charge is 0.462 e. The lowest BCUT2D eigenvalue weighted by molar-refractivity contribution is -0.161. The maximum atomic E-state index is 12.6. The minimum atomic E-state index is -4.65. The number of unbranched alkanes of at least 4 members (excludes halogenated alkanes) is 18. The van der Waals surface area contributed by atoms with E-state index in [-0.39, 0.29) is 19.4 Å². The Hall–Kier alpha value is -1.63. The zero-order chi connectivity index (χ0) is 40.8. The molecular formula is C42H79O12P. The summed E-state index contributed by atoms with van der Waals surface area (Å²) >= 11 is 0. The van der Waals surface area contributed by atoms with Gasteiger partial charge in [0.15, 0.2) is 6.10 Å². The van der Waals surface area contributed by atoms with Crippen LogP contribution in [-0.4, -0.2) is 88.1 Å². The molecule has 12 nitrogen and oxygen atoms in total. The fraction of sp³-hybridized carbons (Fsp3) is 0.857. The number of allylic oxidation sites excluding steroid dienone is 3. The van der Waals surface area contributed by atoms with Gasteiger partial charge in [0.2, 0.25) is 0 Å². The Labute approximate surface area is 333 Å². The van der Waals surface area contributed by atoms with Crippen LogP contribution in [0.25, 0.3) is 0 Å². The number of ether oxygens (including phenoxy) is 2. The Morgan fingerprint density at radius 1 is 0.582 bits per heavy atom. The summed E-state index contributed by atoms with van der Waals surface area (Å²) in [5.74, 6) is -1.04. The fourth-order valence-electron chi connectivity index (χ4n) is 5.77. The molecule has 0 amide bonds. The quantitative estimate of drug-likeness (QED) is 0.0171. The summed E-state index contributed by atoms with van der Waals surface area (Å²) in [5, 5.41) is 38.7. The third-order valence-corrected chi connectivity index (χ3v) is 10.2. The van der Waals surface area contributed by atoms with Gasteiger partial charge >= 0.3 is 19.8 Å². The van der Waals surface area contributed by atoms with Crippen LogP contribution in [-0.2, 0) is 32.7 Å². The van der Waals surface area contributed by atoms with Crippen LogP contribution >= 0.6 is 7.82 Å². The van der Waals surface area contributed by atoms with Gasteiger partial charge in [0.25, 0.3) is 0 Å². The lowest BCUT2D eigenvalue weighted by Crippen LogP contribution is -2.29. The molecule has 0 saturated carbocycles. The standard InChI is InChI=1S/C42H79O12P/c1-3-5-7-9-11-12-13-14-15-16-17-18-19-23-28-32-42(48)54-38(36-53-55(49,50)52-34-37(44)33-43)35-51-41(47)31-27-24-20-22-26-30-40(46)39(45)29-25-21-10-8-6-4-2/h12-13,21,25,37-40,43-46H,3-11,14-20,22-24,26-36H2,1-2H3,(H,49,50)/b13-12-,25-21-/t37-,38+,39+,40+/m0/s1. The van der Waals surface area contributed by atoms with E-state index in [4.69, 9.17) is 19.1 Å². The van der Waals surface area contributed by atoms with Gasteiger partial charge in [0.05, 0.1) is 32.0 Å². The number of rotatable bonds is 40. The van der Waals surface area contributed by atoms with Gasteiger partial charge in [0, 0.05) is 12.8 Å². The Balaban J connectivity index is 4.42. The Morgan fingerprint density at radius 3 is 1.65 bits per heavy atom. The normalized spacial score (nSPS) is 15.3. The molecule has 5 N–H and O–H groups in total. The van der Waals surface area contributed by atoms with Crippen molar-refractivity contribution in [3.05, 3.63) is 24.3 Å². The summed E-state index contributed by atoms with van der Waals surface area (Å²) in [6.45, 7) is 2.13. The topological polar surface area (TPSA) is 189 Å². The minimum absolute atomic E-state index is 0.143. The van der Waals surface area contributed by atoms with E-state index >= 15 is 0 Å². The first-order chi connectivity index (χ1) is 26.5. The van der Waals surface area contributed by atoms with E-state index in [0.29, 0.717) is 25.7 Å². The molecule has 0 aliphatic heterocycles. The van der Waals surface area contributed by atoms with Crippen molar-refractivity contribution in [3.63, 3.8) is 0 Å². The summed E-state index contributed by atoms with van der Waals surface area (Å²) in [6, 6.07) is 0. The van der Waals surface area contributed by atoms with E-state index in [2.05, 4.69) is 36.6 Å². The highest BCUT2D eigenvalue weighted by atomic mass is 31.2. The fourth-order valence-corrected chi connectivity index (χ4v) is 6.56. The molecule has 0 fully saturated rings. The van der Waals surface area contributed by atoms with Crippen LogP contribution in [0.2, 0.25) is 0 Å². The number of aliphatic hydroxyl groups is 4. The van der Waals surface area contributed by atoms with E-state index in [9.17, 15) is 34.4 Å². The molecule has 0 aliphatic carbocycles. The first-order valence-electron chi connectivity index (χ1n) is 21.5. The van der Waals surface area contributed by atoms with Crippen LogP contribution in [0.4, 0.5) is 0 Å². The number of carbonyl (C=O) groups is 2. The molecule has 0 radical (unpaired) electrons. The number of aliphatic hydroxyl groups excluding tert-OH is 4. The number of phosphoric acid groups is 1. The van der Waals surface area contributed by atoms with Crippen molar-refractivity contribution in [2.75, 3.05) is 26.4 Å². The Morgan fingerprint density at radius 2 is 1.05 bits per heavy atom. The summed E-state index contributed by atoms with van der Waals surface area (Å²) in [6.07, 6.45) is 28.8. The average molecular weight is 807 g/mol. The van der Waals surface area contributed by atoms with E-state index < -0.39 is 64.0 Å². The minimum Gasteiger partial charge on any atom is -0.462 e. The predicted octanol–water partition coefficient (Wildman–Crippen LogP) is 8.94. The van der Waals surface area contributed by atoms with Crippen molar-refractivity contribution < 1.29 is 58.0 Å². The number of hydrogen-bond donors (Lipinski definition) is 5. The number of esters is 2. The van der Waals surface area contributed by atoms with Gasteiger partial charge in [-0.25, -0.2) is 4.57 Å². The first kappa shape index (κ1) is 53.4. The van der Waals surface area contributed by atoms with Crippen molar-refractivity contribution in [1.82, 2.24) is 0 Å². The van der Waals surface area contributed by atoms with Crippen LogP contribution in [0, 0.1) is 0 Å². The van der Waals surface area contributed by atoms with Crippen molar-refractivity contribution in [3.8, 4) is 0 Å². The van der Waals surface area contributed by atoms with Crippen LogP contribution in [0.3, 0.4) is 0 Å². The lowest BCUT2D eigenvalue weighted by atomic mass is 10.0. The molecule has 324 valence electrons. The van der Waals surface area contributed by atoms with Crippen molar-refractivity contribution >= 4 is 19.8 Å². The second kappa shape index (κ2) is 37.9. The average Bonchev–Trinajstić information content (AvgIpc) is 3.17. The molecule has 0 aromatic carbocycles. The number of carbonyl (C=O) groups excluding carboxylic acids is 2. The SMILES string of the molecule is CCCCC/C=C\C[C@@H](O)[C@H](O)CCCCCCCC(=O)OC[C@H](COP(=O)(O)OC[C@@H](O)CO)OC(=O)CCCCCCCCC/C=C\CCCCCC. The molecule has 13 heteroatoms. The van der Waals surface area contributed by atoms with Gasteiger partial charge in [-0.1, -0.05) is 128 Å². The van der Waals surface area contributed by atoms with E-state index in [1.54, 1.807) is 0 Å². The maximum absolute atomic E-state index is 12.6. The van der Waals surface area contributed by atoms with Gasteiger partial charge in [-0.05, 0) is 64.2 Å². The first-order valence-corrected chi connectivity index (χ1v) is 23.0. The van der Waals surface area contributed by atoms with Gasteiger partial charge in [0.1, 0.15) is 12.7 Å². The van der Waals surface area contributed by atoms with E-state index in [0.717, 1.165) is 70.6 Å². The highest BCUT2D eigenvalue weighted by Crippen LogP contribution is 2.43. The molecule has 0 bridgehead atoms. The van der Waals surface area contributed by atoms with Gasteiger partial charge in [-0.3, -0.25) is 18.6 Å². The van der Waals surface area contributed by atoms with Crippen LogP contribution in [0.15, 0.2) is 24.3 Å². The summed E-state index contributed by atoms with van der Waals surface area (Å²) in [7, 11) is -4.65. The van der Waals surface area contributed by atoms with E-state index in [1.807, 2.05) is 6.08 Å². The van der Waals surface area contributed by atoms with E-state index in [1.165, 1.54) is 57.8 Å². The van der Waals surface area contributed by atoms with Crippen molar-refractivity contribution in [2.45, 2.75) is 205 Å². The third kappa shape index (κ3) is 36.5. The highest BCUT2D eigenvalue weighted by Gasteiger charge is 2.27. The summed E-state index contributed by atoms with van der Waals surface area (Å²) < 4.78 is 32.6. The van der Waals surface area contributed by atoms with Crippen LogP contribution < -0.4 is 0 Å². The number of hydrogen-bond acceptors (Lipinski definition) is 11. The molecule has 0 rings (SSSR count). The number of phosphoric ester groups is 1. The molecule has 0 spiro atoms. The molecular weight excluding hydrogens is 727 g/mol. The Bertz CT molecular complexity index is 1010. The molecule has 0 aromatic rings. The molecule has 0 heterocycles. The second-order valence-electron chi connectivity index (χ2n) is 14.7. The second-order valence-corrected chi connectivity index (χ2v) is 16.1. The lowest BCUT2D eigenvalue weighted by Gasteiger charge is -2.20. The monoisotopic (exact) mass is 807 g/mol. The van der Waals surface area contributed by atoms with Crippen molar-refractivity contribution in [2.24, 2.45) is 0 Å². The van der Waals surface area contributed by atoms with Gasteiger partial charge in [-0.15, -0.1) is 0 Å². The largest absolute Gasteiger partial charge is 0.472 e. The molecule has 0 saturated heterocycles. The van der Waals surface area contributed by atoms with Crippen LogP contribution in [0.1, 0.15) is 181 Å². The van der Waals surface area contributed by atoms with Gasteiger partial charge in [-0.2, -0.15) is 0 Å². The predicted molar refractivity (Wildman–Crippen MR) is 217 cm³/mol. The molecule has 55 heavy (non-hydrogen) atoms. The van der Waals surface area contributed by atoms with Crippen LogP contribution in [0.5, 0.6) is 0 Å². The molecule has 0 aliphatic rings. The third-order valence-electron chi connectivity index (χ3n) is 9.28. The highest BCUT2D eigenvalue weighted by molar-refractivity contribution is 7.47. The molecule has 0 aromatic heterocycles. The van der Waals surface area contributed by atoms with Crippen molar-refractivity contribution in [1.29, 1.82) is 0 Å². The summed E-state index contributed by atoms with van der Waals surface area (Å²) in [4.78, 5) is 35.0. The molecule has 5 atom stereocenters. The van der Waals surface area contributed by atoms with Gasteiger partial charge < -0.3 is 34.8 Å². The maximum Gasteiger partial charge on any atom is 0.472 e. The summed E-state index contributed by atoms with van der Waals surface area (Å²) in [5.41, 5.74) is 0. The molecule has 1 unspecified atom stereocenters. The zero-order valence-corrected chi connectivity index (χ0v) is 35.3. The zero-order valence-electron chi connectivity index (χ0n) is 34.4.